The van der Waals surface area contributed by atoms with Crippen LogP contribution in [0.4, 0.5) is 0 Å². The molecule has 0 radical (unpaired) electrons. The van der Waals surface area contributed by atoms with E-state index in [2.05, 4.69) is 9.71 Å². The third kappa shape index (κ3) is 3.97. The molecule has 5 nitrogen and oxygen atoms in total. The predicted octanol–water partition coefficient (Wildman–Crippen LogP) is 2.35. The molecule has 1 atom stereocenters. The molecule has 2 aromatic carbocycles. The van der Waals surface area contributed by atoms with Crippen LogP contribution in [0.5, 0.6) is 0 Å². The molecule has 0 aliphatic rings. The zero-order valence-electron chi connectivity index (χ0n) is 13.1. The van der Waals surface area contributed by atoms with Crippen molar-refractivity contribution in [3.63, 3.8) is 0 Å². The summed E-state index contributed by atoms with van der Waals surface area (Å²) in [4.78, 5) is 4.29. The molecule has 6 heteroatoms. The van der Waals surface area contributed by atoms with Crippen molar-refractivity contribution < 1.29 is 8.42 Å². The zero-order valence-corrected chi connectivity index (χ0v) is 13.9. The second kappa shape index (κ2) is 7.09. The Morgan fingerprint density at radius 1 is 1.00 bits per heavy atom. The minimum absolute atomic E-state index is 0.122. The number of rotatable bonds is 6. The van der Waals surface area contributed by atoms with E-state index in [0.717, 1.165) is 10.9 Å². The summed E-state index contributed by atoms with van der Waals surface area (Å²) in [6, 6.07) is 18.3. The van der Waals surface area contributed by atoms with Crippen molar-refractivity contribution in [1.29, 1.82) is 0 Å². The average Bonchev–Trinajstić information content (AvgIpc) is 2.61. The summed E-state index contributed by atoms with van der Waals surface area (Å²) in [6.07, 6.45) is 1.66. The van der Waals surface area contributed by atoms with Crippen molar-refractivity contribution in [2.45, 2.75) is 11.8 Å². The topological polar surface area (TPSA) is 85.1 Å². The SMILES string of the molecule is NC(CNS(=O)(=O)Cc1cccc2cccnc12)c1ccccc1. The Morgan fingerprint density at radius 3 is 2.54 bits per heavy atom. The number of benzene rings is 2. The van der Waals surface area contributed by atoms with Crippen molar-refractivity contribution in [2.75, 3.05) is 6.54 Å². The van der Waals surface area contributed by atoms with E-state index in [-0.39, 0.29) is 18.3 Å². The molecule has 24 heavy (non-hydrogen) atoms. The lowest BCUT2D eigenvalue weighted by atomic mass is 10.1. The smallest absolute Gasteiger partial charge is 0.215 e. The van der Waals surface area contributed by atoms with Gasteiger partial charge in [-0.1, -0.05) is 54.6 Å². The van der Waals surface area contributed by atoms with Crippen LogP contribution in [0, 0.1) is 0 Å². The van der Waals surface area contributed by atoms with E-state index >= 15 is 0 Å². The van der Waals surface area contributed by atoms with Crippen LogP contribution in [0.2, 0.25) is 0 Å². The first-order valence-electron chi connectivity index (χ1n) is 7.66. The number of nitrogens with one attached hydrogen (secondary N) is 1. The highest BCUT2D eigenvalue weighted by molar-refractivity contribution is 7.88. The van der Waals surface area contributed by atoms with Gasteiger partial charge < -0.3 is 5.73 Å². The molecule has 0 bridgehead atoms. The molecule has 3 rings (SSSR count). The van der Waals surface area contributed by atoms with Crippen molar-refractivity contribution >= 4 is 20.9 Å². The Labute approximate surface area is 141 Å². The molecule has 0 aliphatic carbocycles. The number of pyridine rings is 1. The number of aromatic nitrogens is 1. The van der Waals surface area contributed by atoms with E-state index in [4.69, 9.17) is 5.73 Å². The van der Waals surface area contributed by atoms with Crippen molar-refractivity contribution in [3.05, 3.63) is 78.0 Å². The fraction of sp³-hybridized carbons (Fsp3) is 0.167. The van der Waals surface area contributed by atoms with E-state index in [1.165, 1.54) is 0 Å². The molecule has 0 fully saturated rings. The van der Waals surface area contributed by atoms with Crippen molar-refractivity contribution in [2.24, 2.45) is 5.73 Å². The number of hydrogen-bond donors (Lipinski definition) is 2. The molecule has 0 saturated heterocycles. The van der Waals surface area contributed by atoms with Gasteiger partial charge in [-0.05, 0) is 17.2 Å². The summed E-state index contributed by atoms with van der Waals surface area (Å²) in [5, 5.41) is 0.922. The minimum atomic E-state index is -3.50. The lowest BCUT2D eigenvalue weighted by Gasteiger charge is -2.14. The number of nitrogens with two attached hydrogens (primary N) is 1. The standard InChI is InChI=1S/C18H19N3O2S/c19-17(14-6-2-1-3-7-14)12-21-24(22,23)13-16-9-4-8-15-10-5-11-20-18(15)16/h1-11,17,21H,12-13,19H2. The molecule has 1 heterocycles. The van der Waals surface area contributed by atoms with Gasteiger partial charge in [0.05, 0.1) is 11.3 Å². The summed E-state index contributed by atoms with van der Waals surface area (Å²) in [5.41, 5.74) is 8.32. The first-order valence-corrected chi connectivity index (χ1v) is 9.31. The van der Waals surface area contributed by atoms with E-state index in [1.807, 2.05) is 54.6 Å². The van der Waals surface area contributed by atoms with Gasteiger partial charge >= 0.3 is 0 Å². The van der Waals surface area contributed by atoms with Gasteiger partial charge in [0.1, 0.15) is 0 Å². The van der Waals surface area contributed by atoms with Gasteiger partial charge in [0, 0.05) is 24.2 Å². The maximum Gasteiger partial charge on any atom is 0.215 e. The van der Waals surface area contributed by atoms with Crippen molar-refractivity contribution in [3.8, 4) is 0 Å². The fourth-order valence-electron chi connectivity index (χ4n) is 2.57. The Bertz CT molecular complexity index is 922. The van der Waals surface area contributed by atoms with Gasteiger partial charge in [0.25, 0.3) is 0 Å². The normalized spacial score (nSPS) is 13.0. The molecule has 3 aromatic rings. The second-order valence-corrected chi connectivity index (χ2v) is 7.42. The number of fused-ring (bicyclic) bond motifs is 1. The van der Waals surface area contributed by atoms with Crippen LogP contribution >= 0.6 is 0 Å². The second-order valence-electron chi connectivity index (χ2n) is 5.62. The first-order chi connectivity index (χ1) is 11.6. The van der Waals surface area contributed by atoms with E-state index < -0.39 is 10.0 Å². The average molecular weight is 341 g/mol. The van der Waals surface area contributed by atoms with E-state index in [9.17, 15) is 8.42 Å². The fourth-order valence-corrected chi connectivity index (χ4v) is 3.75. The molecule has 0 aliphatic heterocycles. The monoisotopic (exact) mass is 341 g/mol. The number of hydrogen-bond acceptors (Lipinski definition) is 4. The molecule has 0 saturated carbocycles. The van der Waals surface area contributed by atoms with Gasteiger partial charge in [-0.15, -0.1) is 0 Å². The lowest BCUT2D eigenvalue weighted by molar-refractivity contribution is 0.571. The van der Waals surface area contributed by atoms with Crippen molar-refractivity contribution in [1.82, 2.24) is 9.71 Å². The highest BCUT2D eigenvalue weighted by Gasteiger charge is 2.16. The molecule has 1 aromatic heterocycles. The molecule has 0 amide bonds. The van der Waals surface area contributed by atoms with Crippen LogP contribution in [-0.2, 0) is 15.8 Å². The third-order valence-corrected chi connectivity index (χ3v) is 5.11. The Balaban J connectivity index is 1.72. The van der Waals surface area contributed by atoms with Gasteiger partial charge in [0.2, 0.25) is 10.0 Å². The zero-order chi connectivity index (χ0) is 17.0. The van der Waals surface area contributed by atoms with Gasteiger partial charge in [-0.25, -0.2) is 13.1 Å². The Kier molecular flexibility index (Phi) is 4.89. The quantitative estimate of drug-likeness (QED) is 0.721. The summed E-state index contributed by atoms with van der Waals surface area (Å²) < 4.78 is 27.4. The number of para-hydroxylation sites is 1. The van der Waals surface area contributed by atoms with Crippen LogP contribution in [0.15, 0.2) is 66.9 Å². The Morgan fingerprint density at radius 2 is 1.75 bits per heavy atom. The first kappa shape index (κ1) is 16.6. The summed E-state index contributed by atoms with van der Waals surface area (Å²) in [7, 11) is -3.50. The van der Waals surface area contributed by atoms with Gasteiger partial charge in [0.15, 0.2) is 0 Å². The van der Waals surface area contributed by atoms with Gasteiger partial charge in [-0.2, -0.15) is 0 Å². The summed E-state index contributed by atoms with van der Waals surface area (Å²) in [5.74, 6) is -0.122. The Hall–Kier alpha value is -2.28. The summed E-state index contributed by atoms with van der Waals surface area (Å²) >= 11 is 0. The molecule has 3 N–H and O–H groups in total. The van der Waals surface area contributed by atoms with Crippen LogP contribution in [-0.4, -0.2) is 19.9 Å². The molecule has 0 spiro atoms. The largest absolute Gasteiger partial charge is 0.323 e. The molecule has 124 valence electrons. The van der Waals surface area contributed by atoms with Gasteiger partial charge in [-0.3, -0.25) is 4.98 Å². The maximum atomic E-state index is 12.4. The summed E-state index contributed by atoms with van der Waals surface area (Å²) in [6.45, 7) is 0.157. The lowest BCUT2D eigenvalue weighted by Crippen LogP contribution is -2.32. The molecule has 1 unspecified atom stereocenters. The van der Waals surface area contributed by atoms with E-state index in [1.54, 1.807) is 12.3 Å². The highest BCUT2D eigenvalue weighted by Crippen LogP contribution is 2.18. The highest BCUT2D eigenvalue weighted by atomic mass is 32.2. The van der Waals surface area contributed by atoms with Crippen LogP contribution in [0.1, 0.15) is 17.2 Å². The number of nitrogens with zero attached hydrogens (tertiary/aromatic N) is 1. The molecular formula is C18H19N3O2S. The molecular weight excluding hydrogens is 322 g/mol. The third-order valence-electron chi connectivity index (χ3n) is 3.81. The van der Waals surface area contributed by atoms with E-state index in [0.29, 0.717) is 11.1 Å². The van der Waals surface area contributed by atoms with Crippen LogP contribution < -0.4 is 10.5 Å². The number of sulfonamides is 1. The predicted molar refractivity (Wildman–Crippen MR) is 95.7 cm³/mol. The minimum Gasteiger partial charge on any atom is -0.323 e. The van der Waals surface area contributed by atoms with Crippen LogP contribution in [0.3, 0.4) is 0 Å². The van der Waals surface area contributed by atoms with Crippen LogP contribution in [0.25, 0.3) is 10.9 Å². The maximum absolute atomic E-state index is 12.4.